The summed E-state index contributed by atoms with van der Waals surface area (Å²) in [6.45, 7) is 5.53. The third kappa shape index (κ3) is 9.65. The van der Waals surface area contributed by atoms with Gasteiger partial charge in [-0.05, 0) is 25.3 Å². The minimum Gasteiger partial charge on any atom is -0.237 e. The van der Waals surface area contributed by atoms with Crippen LogP contribution in [0.5, 0.6) is 0 Å². The highest BCUT2D eigenvalue weighted by molar-refractivity contribution is 5.19. The second kappa shape index (κ2) is 15.3. The van der Waals surface area contributed by atoms with E-state index in [1.165, 1.54) is 95.5 Å². The highest BCUT2D eigenvalue weighted by Gasteiger charge is 2.18. The van der Waals surface area contributed by atoms with Crippen LogP contribution in [-0.4, -0.2) is 4.57 Å². The van der Waals surface area contributed by atoms with Crippen molar-refractivity contribution in [3.05, 3.63) is 54.6 Å². The summed E-state index contributed by atoms with van der Waals surface area (Å²) in [6, 6.07) is 11.5. The fourth-order valence-electron chi connectivity index (χ4n) is 4.30. The molecule has 0 aliphatic rings. The molecule has 0 fully saturated rings. The summed E-state index contributed by atoms with van der Waals surface area (Å²) < 4.78 is 4.67. The predicted molar refractivity (Wildman–Crippen MR) is 125 cm³/mol. The number of rotatable bonds is 17. The van der Waals surface area contributed by atoms with Crippen LogP contribution in [0.15, 0.2) is 49.1 Å². The highest BCUT2D eigenvalue weighted by Crippen LogP contribution is 2.24. The van der Waals surface area contributed by atoms with Gasteiger partial charge < -0.3 is 0 Å². The molecule has 1 heterocycles. The molecule has 2 nitrogen and oxygen atoms in total. The van der Waals surface area contributed by atoms with Crippen LogP contribution in [0.1, 0.15) is 115 Å². The van der Waals surface area contributed by atoms with Crippen molar-refractivity contribution in [2.45, 2.75) is 116 Å². The predicted octanol–water partition coefficient (Wildman–Crippen LogP) is 7.87. The average molecular weight is 398 g/mol. The molecule has 1 atom stereocenters. The lowest BCUT2D eigenvalue weighted by Gasteiger charge is -2.14. The van der Waals surface area contributed by atoms with Gasteiger partial charge in [-0.25, -0.2) is 9.13 Å². The number of unbranched alkanes of at least 4 members (excludes halogenated alkanes) is 12. The van der Waals surface area contributed by atoms with Crippen LogP contribution in [-0.2, 0) is 6.54 Å². The number of nitrogens with zero attached hydrogens (tertiary/aromatic N) is 2. The van der Waals surface area contributed by atoms with Crippen LogP contribution >= 0.6 is 0 Å². The standard InChI is InChI=1S/C27H45N2/c1-3-5-6-7-8-9-10-11-12-13-14-15-19-22-27(26-20-17-16-18-21-26)29-24-23-28(4-2)25-29/h16-18,20-21,23-25,27H,3-15,19,22H2,1-2H3/q+1/t27-/m0/s1. The van der Waals surface area contributed by atoms with Crippen molar-refractivity contribution in [1.82, 2.24) is 4.57 Å². The van der Waals surface area contributed by atoms with E-state index in [4.69, 9.17) is 0 Å². The third-order valence-corrected chi connectivity index (χ3v) is 6.20. The van der Waals surface area contributed by atoms with Gasteiger partial charge in [0, 0.05) is 0 Å². The summed E-state index contributed by atoms with van der Waals surface area (Å²) in [6.07, 6.45) is 26.4. The lowest BCUT2D eigenvalue weighted by Crippen LogP contribution is -2.29. The average Bonchev–Trinajstić information content (AvgIpc) is 3.23. The van der Waals surface area contributed by atoms with Gasteiger partial charge >= 0.3 is 0 Å². The van der Waals surface area contributed by atoms with Gasteiger partial charge in [-0.3, -0.25) is 0 Å². The number of imidazole rings is 1. The normalized spacial score (nSPS) is 12.3. The second-order valence-corrected chi connectivity index (χ2v) is 8.65. The first kappa shape index (κ1) is 23.7. The lowest BCUT2D eigenvalue weighted by molar-refractivity contribution is -0.693. The van der Waals surface area contributed by atoms with Crippen molar-refractivity contribution in [3.8, 4) is 0 Å². The van der Waals surface area contributed by atoms with Crippen molar-refractivity contribution < 1.29 is 4.57 Å². The molecule has 0 aliphatic carbocycles. The molecule has 0 radical (unpaired) electrons. The molecule has 0 N–H and O–H groups in total. The number of aryl methyl sites for hydroxylation is 1. The molecule has 0 aliphatic heterocycles. The molecule has 0 spiro atoms. The maximum absolute atomic E-state index is 2.40. The molecule has 0 saturated carbocycles. The van der Waals surface area contributed by atoms with Crippen LogP contribution in [0.2, 0.25) is 0 Å². The Bertz CT molecular complexity index is 616. The van der Waals surface area contributed by atoms with Crippen molar-refractivity contribution in [3.63, 3.8) is 0 Å². The molecule has 0 bridgehead atoms. The smallest absolute Gasteiger partial charge is 0.237 e. The van der Waals surface area contributed by atoms with Gasteiger partial charge in [0.1, 0.15) is 18.4 Å². The third-order valence-electron chi connectivity index (χ3n) is 6.20. The van der Waals surface area contributed by atoms with E-state index in [0.29, 0.717) is 6.04 Å². The van der Waals surface area contributed by atoms with E-state index in [9.17, 15) is 0 Å². The number of aromatic nitrogens is 2. The molecule has 2 rings (SSSR count). The SMILES string of the molecule is CCCCCCCCCCCCCCC[C@@H](c1ccccc1)n1cc[n+](CC)c1. The molecule has 2 aromatic rings. The number of benzene rings is 1. The fourth-order valence-corrected chi connectivity index (χ4v) is 4.30. The monoisotopic (exact) mass is 397 g/mol. The molecule has 0 unspecified atom stereocenters. The van der Waals surface area contributed by atoms with E-state index in [2.05, 4.69) is 72.0 Å². The topological polar surface area (TPSA) is 8.81 Å². The van der Waals surface area contributed by atoms with E-state index in [1.807, 2.05) is 0 Å². The Balaban J connectivity index is 1.59. The molecule has 0 amide bonds. The summed E-state index contributed by atoms with van der Waals surface area (Å²) in [5.41, 5.74) is 1.44. The molecule has 29 heavy (non-hydrogen) atoms. The van der Waals surface area contributed by atoms with Crippen molar-refractivity contribution in [2.24, 2.45) is 0 Å². The first-order valence-electron chi connectivity index (χ1n) is 12.5. The van der Waals surface area contributed by atoms with Crippen LogP contribution < -0.4 is 4.57 Å². The Labute approximate surface area is 180 Å². The first-order chi connectivity index (χ1) is 14.3. The molecular formula is C27H45N2+. The van der Waals surface area contributed by atoms with Gasteiger partial charge in [-0.15, -0.1) is 0 Å². The summed E-state index contributed by atoms with van der Waals surface area (Å²) in [4.78, 5) is 0. The van der Waals surface area contributed by atoms with Crippen molar-refractivity contribution in [1.29, 1.82) is 0 Å². The van der Waals surface area contributed by atoms with E-state index in [1.54, 1.807) is 0 Å². The summed E-state index contributed by atoms with van der Waals surface area (Å²) in [5, 5.41) is 0. The minimum atomic E-state index is 0.469. The van der Waals surface area contributed by atoms with Gasteiger partial charge in [0.05, 0.1) is 6.54 Å². The van der Waals surface area contributed by atoms with E-state index in [-0.39, 0.29) is 0 Å². The second-order valence-electron chi connectivity index (χ2n) is 8.65. The molecule has 162 valence electrons. The lowest BCUT2D eigenvalue weighted by atomic mass is 9.99. The van der Waals surface area contributed by atoms with Gasteiger partial charge in [0.15, 0.2) is 0 Å². The zero-order chi connectivity index (χ0) is 20.6. The van der Waals surface area contributed by atoms with Crippen LogP contribution in [0.3, 0.4) is 0 Å². The van der Waals surface area contributed by atoms with Crippen molar-refractivity contribution in [2.75, 3.05) is 0 Å². The summed E-state index contributed by atoms with van der Waals surface area (Å²) >= 11 is 0. The molecule has 0 saturated heterocycles. The molecule has 1 aromatic heterocycles. The summed E-state index contributed by atoms with van der Waals surface area (Å²) in [7, 11) is 0. The minimum absolute atomic E-state index is 0.469. The van der Waals surface area contributed by atoms with Gasteiger partial charge in [0.25, 0.3) is 0 Å². The Kier molecular flexibility index (Phi) is 12.5. The Hall–Kier alpha value is -1.57. The number of hydrogen-bond donors (Lipinski definition) is 0. The van der Waals surface area contributed by atoms with Gasteiger partial charge in [-0.2, -0.15) is 0 Å². The van der Waals surface area contributed by atoms with Crippen LogP contribution in [0.4, 0.5) is 0 Å². The fraction of sp³-hybridized carbons (Fsp3) is 0.667. The van der Waals surface area contributed by atoms with Crippen molar-refractivity contribution >= 4 is 0 Å². The summed E-state index contributed by atoms with van der Waals surface area (Å²) in [5.74, 6) is 0. The Morgan fingerprint density at radius 1 is 0.724 bits per heavy atom. The zero-order valence-electron chi connectivity index (χ0n) is 19.2. The Morgan fingerprint density at radius 2 is 1.28 bits per heavy atom. The van der Waals surface area contributed by atoms with Crippen LogP contribution in [0.25, 0.3) is 0 Å². The molecular weight excluding hydrogens is 352 g/mol. The van der Waals surface area contributed by atoms with E-state index >= 15 is 0 Å². The van der Waals surface area contributed by atoms with Gasteiger partial charge in [-0.1, -0.05) is 114 Å². The maximum Gasteiger partial charge on any atom is 0.244 e. The largest absolute Gasteiger partial charge is 0.244 e. The highest BCUT2D eigenvalue weighted by atomic mass is 15.1. The van der Waals surface area contributed by atoms with E-state index < -0.39 is 0 Å². The molecule has 1 aromatic carbocycles. The van der Waals surface area contributed by atoms with Crippen LogP contribution in [0, 0.1) is 0 Å². The Morgan fingerprint density at radius 3 is 1.79 bits per heavy atom. The quantitative estimate of drug-likeness (QED) is 0.190. The number of hydrogen-bond acceptors (Lipinski definition) is 0. The van der Waals surface area contributed by atoms with Gasteiger partial charge in [0.2, 0.25) is 6.33 Å². The molecule has 2 heteroatoms. The maximum atomic E-state index is 2.40. The zero-order valence-corrected chi connectivity index (χ0v) is 19.2. The first-order valence-corrected chi connectivity index (χ1v) is 12.5. The van der Waals surface area contributed by atoms with E-state index in [0.717, 1.165) is 6.54 Å².